The summed E-state index contributed by atoms with van der Waals surface area (Å²) in [5.74, 6) is -2.17. The van der Waals surface area contributed by atoms with Gasteiger partial charge in [0, 0.05) is 11.4 Å². The van der Waals surface area contributed by atoms with Crippen LogP contribution in [0.25, 0.3) is 0 Å². The summed E-state index contributed by atoms with van der Waals surface area (Å²) >= 11 is 0. The van der Waals surface area contributed by atoms with Gasteiger partial charge in [0.15, 0.2) is 6.61 Å². The zero-order valence-electron chi connectivity index (χ0n) is 13.5. The molecule has 2 amide bonds. The van der Waals surface area contributed by atoms with Crippen LogP contribution in [0, 0.1) is 17.1 Å². The number of nitrogens with one attached hydrogen (secondary N) is 2. The van der Waals surface area contributed by atoms with Crippen LogP contribution in [0.15, 0.2) is 48.5 Å². The van der Waals surface area contributed by atoms with E-state index in [9.17, 15) is 18.8 Å². The first-order valence-electron chi connectivity index (χ1n) is 7.47. The summed E-state index contributed by atoms with van der Waals surface area (Å²) < 4.78 is 17.7. The summed E-state index contributed by atoms with van der Waals surface area (Å²) in [4.78, 5) is 34.9. The molecule has 2 N–H and O–H groups in total. The van der Waals surface area contributed by atoms with Gasteiger partial charge in [-0.25, -0.2) is 9.18 Å². The molecule has 8 heteroatoms. The van der Waals surface area contributed by atoms with Crippen molar-refractivity contribution in [2.45, 2.75) is 6.42 Å². The minimum atomic E-state index is -0.714. The van der Waals surface area contributed by atoms with Gasteiger partial charge in [-0.3, -0.25) is 9.59 Å². The summed E-state index contributed by atoms with van der Waals surface area (Å²) in [6.07, 6.45) is -0.271. The van der Waals surface area contributed by atoms with Crippen LogP contribution in [0.5, 0.6) is 0 Å². The maximum absolute atomic E-state index is 12.8. The number of nitriles is 1. The highest BCUT2D eigenvalue weighted by Gasteiger charge is 2.11. The molecule has 2 rings (SSSR count). The monoisotopic (exact) mass is 355 g/mol. The molecule has 0 aliphatic carbocycles. The van der Waals surface area contributed by atoms with E-state index in [2.05, 4.69) is 10.6 Å². The summed E-state index contributed by atoms with van der Waals surface area (Å²) in [5.41, 5.74) is 0.999. The topological polar surface area (TPSA) is 108 Å². The molecule has 0 fully saturated rings. The molecule has 0 atom stereocenters. The Kier molecular flexibility index (Phi) is 6.40. The number of benzene rings is 2. The van der Waals surface area contributed by atoms with Crippen molar-refractivity contribution < 1.29 is 23.5 Å². The third-order valence-corrected chi connectivity index (χ3v) is 3.11. The number of hydrogen-bond acceptors (Lipinski definition) is 5. The fourth-order valence-corrected chi connectivity index (χ4v) is 1.91. The standard InChI is InChI=1S/C18H14FN3O4/c19-13-3-7-15(8-4-13)22-17(24)11-26-18(25)12-1-5-14(6-2-12)21-16(23)9-10-20/h1-8H,9,11H2,(H,21,23)(H,22,24). The zero-order valence-corrected chi connectivity index (χ0v) is 13.5. The Labute approximate surface area is 148 Å². The number of nitrogens with zero attached hydrogens (tertiary/aromatic N) is 1. The van der Waals surface area contributed by atoms with Gasteiger partial charge in [-0.1, -0.05) is 0 Å². The van der Waals surface area contributed by atoms with E-state index in [0.717, 1.165) is 0 Å². The zero-order chi connectivity index (χ0) is 18.9. The Morgan fingerprint density at radius 2 is 1.46 bits per heavy atom. The molecular weight excluding hydrogens is 341 g/mol. The molecule has 0 spiro atoms. The Bertz CT molecular complexity index is 842. The first-order valence-corrected chi connectivity index (χ1v) is 7.47. The lowest BCUT2D eigenvalue weighted by Crippen LogP contribution is -2.21. The van der Waals surface area contributed by atoms with Gasteiger partial charge in [0.2, 0.25) is 5.91 Å². The van der Waals surface area contributed by atoms with Gasteiger partial charge >= 0.3 is 5.97 Å². The molecule has 0 radical (unpaired) electrons. The highest BCUT2D eigenvalue weighted by atomic mass is 19.1. The number of carbonyl (C=O) groups excluding carboxylic acids is 3. The van der Waals surface area contributed by atoms with Crippen LogP contribution in [0.4, 0.5) is 15.8 Å². The minimum absolute atomic E-state index is 0.192. The van der Waals surface area contributed by atoms with Crippen LogP contribution in [0.2, 0.25) is 0 Å². The number of hydrogen-bond donors (Lipinski definition) is 2. The van der Waals surface area contributed by atoms with Crippen LogP contribution < -0.4 is 10.6 Å². The van der Waals surface area contributed by atoms with E-state index in [1.807, 2.05) is 0 Å². The molecule has 0 unspecified atom stereocenters. The second-order valence-corrected chi connectivity index (χ2v) is 5.09. The quantitative estimate of drug-likeness (QED) is 0.774. The maximum Gasteiger partial charge on any atom is 0.338 e. The third-order valence-electron chi connectivity index (χ3n) is 3.11. The number of esters is 1. The Morgan fingerprint density at radius 3 is 2.04 bits per heavy atom. The summed E-state index contributed by atoms with van der Waals surface area (Å²) in [6, 6.07) is 12.7. The van der Waals surface area contributed by atoms with Crippen molar-refractivity contribution in [3.05, 3.63) is 59.9 Å². The van der Waals surface area contributed by atoms with E-state index < -0.39 is 30.2 Å². The largest absolute Gasteiger partial charge is 0.452 e. The molecule has 0 saturated heterocycles. The molecule has 0 saturated carbocycles. The van der Waals surface area contributed by atoms with E-state index in [-0.39, 0.29) is 12.0 Å². The smallest absolute Gasteiger partial charge is 0.338 e. The maximum atomic E-state index is 12.8. The number of halogens is 1. The second kappa shape index (κ2) is 8.94. The molecule has 2 aromatic rings. The van der Waals surface area contributed by atoms with Crippen LogP contribution in [-0.4, -0.2) is 24.4 Å². The lowest BCUT2D eigenvalue weighted by molar-refractivity contribution is -0.119. The van der Waals surface area contributed by atoms with Gasteiger partial charge in [-0.15, -0.1) is 0 Å². The number of rotatable bonds is 6. The van der Waals surface area contributed by atoms with Crippen molar-refractivity contribution in [1.82, 2.24) is 0 Å². The molecule has 0 aliphatic heterocycles. The van der Waals surface area contributed by atoms with E-state index in [1.54, 1.807) is 6.07 Å². The Morgan fingerprint density at radius 1 is 0.923 bits per heavy atom. The molecular formula is C18H14FN3O4. The van der Waals surface area contributed by atoms with Crippen molar-refractivity contribution in [2.75, 3.05) is 17.2 Å². The van der Waals surface area contributed by atoms with Crippen molar-refractivity contribution >= 4 is 29.2 Å². The van der Waals surface area contributed by atoms with E-state index in [1.165, 1.54) is 48.5 Å². The fourth-order valence-electron chi connectivity index (χ4n) is 1.91. The van der Waals surface area contributed by atoms with Gasteiger partial charge < -0.3 is 15.4 Å². The van der Waals surface area contributed by atoms with E-state index in [4.69, 9.17) is 10.00 Å². The first-order chi connectivity index (χ1) is 12.5. The van der Waals surface area contributed by atoms with Gasteiger partial charge in [0.1, 0.15) is 12.2 Å². The van der Waals surface area contributed by atoms with Crippen molar-refractivity contribution in [3.8, 4) is 6.07 Å². The van der Waals surface area contributed by atoms with Crippen LogP contribution in [0.1, 0.15) is 16.8 Å². The normalized spacial score (nSPS) is 9.69. The number of amides is 2. The molecule has 0 bridgehead atoms. The Balaban J connectivity index is 1.83. The second-order valence-electron chi connectivity index (χ2n) is 5.09. The molecule has 26 heavy (non-hydrogen) atoms. The van der Waals surface area contributed by atoms with E-state index in [0.29, 0.717) is 11.4 Å². The summed E-state index contributed by atoms with van der Waals surface area (Å²) in [5, 5.41) is 13.4. The average Bonchev–Trinajstić information content (AvgIpc) is 2.62. The first kappa shape index (κ1) is 18.6. The van der Waals surface area contributed by atoms with Crippen LogP contribution in [-0.2, 0) is 14.3 Å². The lowest BCUT2D eigenvalue weighted by atomic mass is 10.2. The summed E-state index contributed by atoms with van der Waals surface area (Å²) in [7, 11) is 0. The molecule has 0 heterocycles. The SMILES string of the molecule is N#CCC(=O)Nc1ccc(C(=O)OCC(=O)Nc2ccc(F)cc2)cc1. The van der Waals surface area contributed by atoms with Gasteiger partial charge in [0.25, 0.3) is 5.91 Å². The molecule has 132 valence electrons. The lowest BCUT2D eigenvalue weighted by Gasteiger charge is -2.07. The Hall–Kier alpha value is -3.73. The predicted octanol–water partition coefficient (Wildman–Crippen LogP) is 2.47. The van der Waals surface area contributed by atoms with Gasteiger partial charge in [-0.2, -0.15) is 5.26 Å². The van der Waals surface area contributed by atoms with Crippen molar-refractivity contribution in [2.24, 2.45) is 0 Å². The molecule has 0 aliphatic rings. The highest BCUT2D eigenvalue weighted by molar-refractivity contribution is 5.96. The highest BCUT2D eigenvalue weighted by Crippen LogP contribution is 2.11. The van der Waals surface area contributed by atoms with Gasteiger partial charge in [-0.05, 0) is 48.5 Å². The average molecular weight is 355 g/mol. The van der Waals surface area contributed by atoms with Gasteiger partial charge in [0.05, 0.1) is 11.6 Å². The third kappa shape index (κ3) is 5.72. The summed E-state index contributed by atoms with van der Waals surface area (Å²) in [6.45, 7) is -0.503. The minimum Gasteiger partial charge on any atom is -0.452 e. The van der Waals surface area contributed by atoms with E-state index >= 15 is 0 Å². The number of ether oxygens (including phenoxy) is 1. The predicted molar refractivity (Wildman–Crippen MR) is 90.6 cm³/mol. The van der Waals surface area contributed by atoms with Crippen LogP contribution in [0.3, 0.4) is 0 Å². The molecule has 2 aromatic carbocycles. The number of anilines is 2. The van der Waals surface area contributed by atoms with Crippen molar-refractivity contribution in [1.29, 1.82) is 5.26 Å². The number of carbonyl (C=O) groups is 3. The molecule has 0 aromatic heterocycles. The molecule has 7 nitrogen and oxygen atoms in total. The van der Waals surface area contributed by atoms with Crippen LogP contribution >= 0.6 is 0 Å². The van der Waals surface area contributed by atoms with Crippen molar-refractivity contribution in [3.63, 3.8) is 0 Å². The fraction of sp³-hybridized carbons (Fsp3) is 0.111.